The van der Waals surface area contributed by atoms with Gasteiger partial charge >= 0.3 is 0 Å². The van der Waals surface area contributed by atoms with E-state index >= 15 is 0 Å². The van der Waals surface area contributed by atoms with Gasteiger partial charge in [0, 0.05) is 28.2 Å². The lowest BCUT2D eigenvalue weighted by atomic mass is 10.0. The van der Waals surface area contributed by atoms with Gasteiger partial charge in [-0.05, 0) is 22.0 Å². The van der Waals surface area contributed by atoms with Crippen molar-refractivity contribution in [3.63, 3.8) is 0 Å². The molecule has 0 fully saturated rings. The van der Waals surface area contributed by atoms with Gasteiger partial charge in [-0.3, -0.25) is 14.6 Å². The van der Waals surface area contributed by atoms with Gasteiger partial charge in [-0.1, -0.05) is 12.1 Å². The number of hydrogen-bond donors (Lipinski definition) is 1. The molecule has 0 aliphatic carbocycles. The Bertz CT molecular complexity index is 747. The number of H-pyrrole nitrogens is 1. The summed E-state index contributed by atoms with van der Waals surface area (Å²) >= 11 is 3.49. The lowest BCUT2D eigenvalue weighted by Gasteiger charge is -2.27. The second kappa shape index (κ2) is 3.50. The Kier molecular flexibility index (Phi) is 1.60. The zero-order valence-electron chi connectivity index (χ0n) is 12.1. The van der Waals surface area contributed by atoms with Gasteiger partial charge in [-0.25, -0.2) is 0 Å². The Morgan fingerprint density at radius 1 is 1.53 bits per heavy atom. The van der Waals surface area contributed by atoms with Crippen molar-refractivity contribution in [2.24, 2.45) is 6.98 Å². The molecule has 5 heteroatoms. The number of hydrogen-bond acceptors (Lipinski definition) is 2. The average molecular weight is 297 g/mol. The van der Waals surface area contributed by atoms with E-state index in [9.17, 15) is 4.79 Å². The summed E-state index contributed by atoms with van der Waals surface area (Å²) in [5.41, 5.74) is 2.34. The van der Waals surface area contributed by atoms with Crippen LogP contribution in [0, 0.1) is 0 Å². The van der Waals surface area contributed by atoms with Crippen molar-refractivity contribution in [3.8, 4) is 11.3 Å². The van der Waals surface area contributed by atoms with Gasteiger partial charge in [0.1, 0.15) is 0 Å². The van der Waals surface area contributed by atoms with Crippen LogP contribution in [0.1, 0.15) is 9.68 Å². The van der Waals surface area contributed by atoms with Crippen molar-refractivity contribution in [1.29, 1.82) is 0 Å². The molecule has 3 rings (SSSR count). The quantitative estimate of drug-likeness (QED) is 0.809. The minimum absolute atomic E-state index is 0.378. The van der Waals surface area contributed by atoms with Crippen molar-refractivity contribution < 1.29 is 4.11 Å². The van der Waals surface area contributed by atoms with Crippen molar-refractivity contribution in [1.82, 2.24) is 9.78 Å². The number of aryl methyl sites for hydroxylation is 1. The first kappa shape index (κ1) is 7.76. The second-order valence-corrected chi connectivity index (χ2v) is 4.95. The fourth-order valence-electron chi connectivity index (χ4n) is 2.26. The summed E-state index contributed by atoms with van der Waals surface area (Å²) in [5.74, 6) is 0. The molecule has 1 aliphatic rings. The first-order valence-corrected chi connectivity index (χ1v) is 5.94. The zero-order chi connectivity index (χ0) is 14.7. The van der Waals surface area contributed by atoms with E-state index in [4.69, 9.17) is 4.11 Å². The van der Waals surface area contributed by atoms with Crippen LogP contribution in [0.2, 0.25) is 0 Å². The highest BCUT2D eigenvalue weighted by Gasteiger charge is 2.25. The molecule has 0 saturated carbocycles. The van der Waals surface area contributed by atoms with Crippen LogP contribution in [0.3, 0.4) is 0 Å². The molecule has 1 aromatic carbocycles. The molecule has 0 saturated heterocycles. The normalized spacial score (nSPS) is 16.8. The number of para-hydroxylation sites is 1. The Labute approximate surface area is 111 Å². The predicted molar refractivity (Wildman–Crippen MR) is 71.3 cm³/mol. The van der Waals surface area contributed by atoms with E-state index in [1.165, 1.54) is 0 Å². The molecule has 0 bridgehead atoms. The molecule has 1 N–H and O–H groups in total. The number of nitrogens with one attached hydrogen (secondary N) is 1. The van der Waals surface area contributed by atoms with Crippen molar-refractivity contribution in [3.05, 3.63) is 38.6 Å². The molecule has 0 atom stereocenters. The fraction of sp³-hybridized carbons (Fsp3) is 0.250. The standard InChI is InChI=1S/C12H12BrN3O/c1-15-6-8-10(14-16(2)12(8)17)7-4-3-5-9(13)11(7)15/h3-5,14H,6H2,1-2H3/i2D3. The Hall–Kier alpha value is -1.49. The summed E-state index contributed by atoms with van der Waals surface area (Å²) in [7, 11) is 1.87. The summed E-state index contributed by atoms with van der Waals surface area (Å²) < 4.78 is 23.9. The predicted octanol–water partition coefficient (Wildman–Crippen LogP) is 2.09. The van der Waals surface area contributed by atoms with Gasteiger partial charge in [0.05, 0.1) is 23.5 Å². The van der Waals surface area contributed by atoms with Crippen LogP contribution in [-0.4, -0.2) is 16.8 Å². The minimum Gasteiger partial charge on any atom is -0.369 e. The summed E-state index contributed by atoms with van der Waals surface area (Å²) in [4.78, 5) is 14.2. The summed E-state index contributed by atoms with van der Waals surface area (Å²) in [6, 6.07) is 5.64. The van der Waals surface area contributed by atoms with Crippen LogP contribution >= 0.6 is 15.9 Å². The van der Waals surface area contributed by atoms with E-state index in [-0.39, 0.29) is 0 Å². The van der Waals surface area contributed by atoms with E-state index in [0.29, 0.717) is 17.8 Å². The third-order valence-electron chi connectivity index (χ3n) is 3.02. The summed E-state index contributed by atoms with van der Waals surface area (Å²) in [6.07, 6.45) is 0. The smallest absolute Gasteiger partial charge is 0.271 e. The number of aromatic amines is 1. The highest BCUT2D eigenvalue weighted by molar-refractivity contribution is 9.10. The summed E-state index contributed by atoms with van der Waals surface area (Å²) in [6.45, 7) is -2.12. The maximum absolute atomic E-state index is 12.2. The fourth-order valence-corrected chi connectivity index (χ4v) is 2.93. The lowest BCUT2D eigenvalue weighted by molar-refractivity contribution is 0.740. The highest BCUT2D eigenvalue weighted by Crippen LogP contribution is 2.40. The molecular formula is C12H12BrN3O. The van der Waals surface area contributed by atoms with Gasteiger partial charge in [-0.2, -0.15) is 0 Å². The van der Waals surface area contributed by atoms with E-state index in [1.807, 2.05) is 30.1 Å². The Morgan fingerprint density at radius 3 is 3.12 bits per heavy atom. The van der Waals surface area contributed by atoms with Gasteiger partial charge in [0.15, 0.2) is 0 Å². The zero-order valence-corrected chi connectivity index (χ0v) is 10.7. The van der Waals surface area contributed by atoms with Crippen LogP contribution < -0.4 is 10.5 Å². The first-order chi connectivity index (χ1) is 9.30. The van der Waals surface area contributed by atoms with Crippen LogP contribution in [0.4, 0.5) is 5.69 Å². The van der Waals surface area contributed by atoms with Crippen LogP contribution in [0.5, 0.6) is 0 Å². The number of anilines is 1. The highest BCUT2D eigenvalue weighted by atomic mass is 79.9. The number of halogens is 1. The molecular weight excluding hydrogens is 282 g/mol. The maximum atomic E-state index is 12.2. The third kappa shape index (κ3) is 1.38. The molecule has 88 valence electrons. The Balaban J connectivity index is 2.32. The minimum atomic E-state index is -2.50. The monoisotopic (exact) mass is 296 g/mol. The van der Waals surface area contributed by atoms with Crippen LogP contribution in [0.25, 0.3) is 11.3 Å². The molecule has 17 heavy (non-hydrogen) atoms. The maximum Gasteiger partial charge on any atom is 0.271 e. The third-order valence-corrected chi connectivity index (χ3v) is 3.66. The van der Waals surface area contributed by atoms with Gasteiger partial charge < -0.3 is 4.90 Å². The van der Waals surface area contributed by atoms with Gasteiger partial charge in [0.2, 0.25) is 0 Å². The molecule has 4 nitrogen and oxygen atoms in total. The number of fused-ring (bicyclic) bond motifs is 3. The molecule has 1 aliphatic heterocycles. The topological polar surface area (TPSA) is 41.0 Å². The average Bonchev–Trinajstić information content (AvgIpc) is 2.67. The number of benzene rings is 1. The molecule has 0 amide bonds. The van der Waals surface area contributed by atoms with Crippen molar-refractivity contribution in [2.45, 2.75) is 6.54 Å². The molecule has 2 aromatic rings. The SMILES string of the molecule is [2H]C([2H])([2H])n1[nH]c2c(c1=O)CN(C)c1c(Br)cccc1-2. The van der Waals surface area contributed by atoms with Crippen LogP contribution in [0.15, 0.2) is 27.5 Å². The second-order valence-electron chi connectivity index (χ2n) is 4.10. The molecule has 0 unspecified atom stereocenters. The first-order valence-electron chi connectivity index (χ1n) is 6.65. The number of nitrogens with zero attached hydrogens (tertiary/aromatic N) is 2. The summed E-state index contributed by atoms with van der Waals surface area (Å²) in [5, 5.41) is 2.74. The lowest BCUT2D eigenvalue weighted by Crippen LogP contribution is -2.26. The van der Waals surface area contributed by atoms with Gasteiger partial charge in [-0.15, -0.1) is 0 Å². The van der Waals surface area contributed by atoms with E-state index in [1.54, 1.807) is 0 Å². The van der Waals surface area contributed by atoms with E-state index in [0.717, 1.165) is 20.4 Å². The molecule has 0 radical (unpaired) electrons. The van der Waals surface area contributed by atoms with Crippen molar-refractivity contribution in [2.75, 3.05) is 11.9 Å². The van der Waals surface area contributed by atoms with Gasteiger partial charge in [0.25, 0.3) is 5.56 Å². The van der Waals surface area contributed by atoms with E-state index < -0.39 is 12.5 Å². The molecule has 1 aromatic heterocycles. The molecule has 2 heterocycles. The number of aromatic nitrogens is 2. The number of rotatable bonds is 0. The van der Waals surface area contributed by atoms with Crippen molar-refractivity contribution >= 4 is 21.6 Å². The largest absolute Gasteiger partial charge is 0.369 e. The molecule has 0 spiro atoms. The van der Waals surface area contributed by atoms with E-state index in [2.05, 4.69) is 21.0 Å². The Morgan fingerprint density at radius 2 is 2.35 bits per heavy atom. The van der Waals surface area contributed by atoms with Crippen LogP contribution in [-0.2, 0) is 13.5 Å².